The SMILES string of the molecule is CSC1CCC(NC(=O)C2(C(N)=S)CCC2)CC1. The Labute approximate surface area is 119 Å². The molecule has 0 bridgehead atoms. The Morgan fingerprint density at radius 1 is 1.33 bits per heavy atom. The van der Waals surface area contributed by atoms with Crippen LogP contribution in [0.4, 0.5) is 0 Å². The summed E-state index contributed by atoms with van der Waals surface area (Å²) < 4.78 is 0. The summed E-state index contributed by atoms with van der Waals surface area (Å²) in [4.78, 5) is 12.7. The molecule has 2 fully saturated rings. The largest absolute Gasteiger partial charge is 0.392 e. The lowest BCUT2D eigenvalue weighted by molar-refractivity contribution is -0.131. The zero-order chi connectivity index (χ0) is 13.2. The minimum absolute atomic E-state index is 0.0776. The third kappa shape index (κ3) is 2.67. The molecule has 3 N–H and O–H groups in total. The first-order chi connectivity index (χ1) is 8.58. The van der Waals surface area contributed by atoms with E-state index in [0.717, 1.165) is 37.4 Å². The second-order valence-corrected chi connectivity index (χ2v) is 7.06. The van der Waals surface area contributed by atoms with Gasteiger partial charge in [-0.2, -0.15) is 11.8 Å². The van der Waals surface area contributed by atoms with Crippen LogP contribution in [0.15, 0.2) is 0 Å². The maximum absolute atomic E-state index is 12.3. The average molecular weight is 286 g/mol. The number of amides is 1. The first-order valence-corrected chi connectivity index (χ1v) is 8.42. The van der Waals surface area contributed by atoms with Gasteiger partial charge in [0.25, 0.3) is 0 Å². The molecule has 0 spiro atoms. The van der Waals surface area contributed by atoms with Crippen LogP contribution in [0.1, 0.15) is 44.9 Å². The molecule has 0 heterocycles. The van der Waals surface area contributed by atoms with Crippen LogP contribution in [0.5, 0.6) is 0 Å². The van der Waals surface area contributed by atoms with Crippen molar-refractivity contribution >= 4 is 34.9 Å². The average Bonchev–Trinajstić information content (AvgIpc) is 2.28. The van der Waals surface area contributed by atoms with E-state index in [1.807, 2.05) is 11.8 Å². The molecular formula is C13H22N2OS2. The number of nitrogens with two attached hydrogens (primary N) is 1. The van der Waals surface area contributed by atoms with Gasteiger partial charge in [-0.3, -0.25) is 4.79 Å². The fourth-order valence-corrected chi connectivity index (χ4v) is 3.92. The fourth-order valence-electron chi connectivity index (χ4n) is 2.88. The summed E-state index contributed by atoms with van der Waals surface area (Å²) in [5.74, 6) is 0.0776. The van der Waals surface area contributed by atoms with Crippen LogP contribution in [0, 0.1) is 5.41 Å². The number of nitrogens with one attached hydrogen (secondary N) is 1. The van der Waals surface area contributed by atoms with Crippen molar-refractivity contribution in [2.24, 2.45) is 11.1 Å². The quantitative estimate of drug-likeness (QED) is 0.778. The summed E-state index contributed by atoms with van der Waals surface area (Å²) in [6.07, 6.45) is 9.46. The first-order valence-electron chi connectivity index (χ1n) is 6.72. The smallest absolute Gasteiger partial charge is 0.233 e. The molecule has 2 aliphatic carbocycles. The lowest BCUT2D eigenvalue weighted by atomic mass is 9.67. The van der Waals surface area contributed by atoms with Crippen molar-refractivity contribution in [3.8, 4) is 0 Å². The van der Waals surface area contributed by atoms with E-state index in [9.17, 15) is 4.79 Å². The maximum atomic E-state index is 12.3. The molecule has 0 atom stereocenters. The minimum atomic E-state index is -0.522. The van der Waals surface area contributed by atoms with Gasteiger partial charge in [0.15, 0.2) is 0 Å². The van der Waals surface area contributed by atoms with Gasteiger partial charge in [0.05, 0.1) is 10.4 Å². The van der Waals surface area contributed by atoms with E-state index in [4.69, 9.17) is 18.0 Å². The number of carbonyl (C=O) groups is 1. The number of hydrogen-bond donors (Lipinski definition) is 2. The van der Waals surface area contributed by atoms with Crippen molar-refractivity contribution < 1.29 is 4.79 Å². The van der Waals surface area contributed by atoms with Gasteiger partial charge in [-0.15, -0.1) is 0 Å². The number of thiocarbonyl (C=S) groups is 1. The molecule has 1 amide bonds. The van der Waals surface area contributed by atoms with Crippen molar-refractivity contribution in [1.29, 1.82) is 0 Å². The van der Waals surface area contributed by atoms with Gasteiger partial charge in [-0.1, -0.05) is 18.6 Å². The van der Waals surface area contributed by atoms with Crippen LogP contribution >= 0.6 is 24.0 Å². The minimum Gasteiger partial charge on any atom is -0.392 e. The van der Waals surface area contributed by atoms with Crippen LogP contribution in [-0.2, 0) is 4.79 Å². The summed E-state index contributed by atoms with van der Waals surface area (Å²) in [5.41, 5.74) is 5.23. The molecule has 18 heavy (non-hydrogen) atoms. The molecule has 0 aromatic rings. The highest BCUT2D eigenvalue weighted by molar-refractivity contribution is 7.99. The van der Waals surface area contributed by atoms with E-state index in [2.05, 4.69) is 11.6 Å². The molecule has 2 aliphatic rings. The standard InChI is InChI=1S/C13H22N2OS2/c1-18-10-5-3-9(4-6-10)15-12(16)13(11(14)17)7-2-8-13/h9-10H,2-8H2,1H3,(H2,14,17)(H,15,16). The van der Waals surface area contributed by atoms with E-state index >= 15 is 0 Å². The van der Waals surface area contributed by atoms with Gasteiger partial charge < -0.3 is 11.1 Å². The van der Waals surface area contributed by atoms with E-state index in [0.29, 0.717) is 11.0 Å². The zero-order valence-corrected chi connectivity index (χ0v) is 12.5. The summed E-state index contributed by atoms with van der Waals surface area (Å²) in [7, 11) is 0. The lowest BCUT2D eigenvalue weighted by Gasteiger charge is -2.40. The molecule has 3 nitrogen and oxygen atoms in total. The molecule has 0 radical (unpaired) electrons. The summed E-state index contributed by atoms with van der Waals surface area (Å²) in [6.45, 7) is 0. The van der Waals surface area contributed by atoms with Crippen LogP contribution < -0.4 is 11.1 Å². The van der Waals surface area contributed by atoms with Crippen molar-refractivity contribution in [3.05, 3.63) is 0 Å². The predicted molar refractivity (Wildman–Crippen MR) is 80.8 cm³/mol. The van der Waals surface area contributed by atoms with Crippen LogP contribution in [0.25, 0.3) is 0 Å². The van der Waals surface area contributed by atoms with E-state index in [1.54, 1.807) is 0 Å². The highest BCUT2D eigenvalue weighted by Crippen LogP contribution is 2.42. The molecule has 0 aliphatic heterocycles. The number of carbonyl (C=O) groups excluding carboxylic acids is 1. The Kier molecular flexibility index (Phi) is 4.54. The van der Waals surface area contributed by atoms with Crippen molar-refractivity contribution in [2.75, 3.05) is 6.26 Å². The Morgan fingerprint density at radius 3 is 2.33 bits per heavy atom. The Balaban J connectivity index is 1.86. The highest BCUT2D eigenvalue weighted by Gasteiger charge is 2.47. The highest BCUT2D eigenvalue weighted by atomic mass is 32.2. The predicted octanol–water partition coefficient (Wildman–Crippen LogP) is 2.23. The number of thioether (sulfide) groups is 1. The van der Waals surface area contributed by atoms with E-state index in [1.165, 1.54) is 12.8 Å². The van der Waals surface area contributed by atoms with Crippen LogP contribution in [0.2, 0.25) is 0 Å². The van der Waals surface area contributed by atoms with Gasteiger partial charge in [-0.05, 0) is 44.8 Å². The van der Waals surface area contributed by atoms with Gasteiger partial charge in [-0.25, -0.2) is 0 Å². The first kappa shape index (κ1) is 14.1. The Bertz CT molecular complexity index is 334. The maximum Gasteiger partial charge on any atom is 0.233 e. The number of rotatable bonds is 4. The normalized spacial score (nSPS) is 30.3. The molecule has 0 unspecified atom stereocenters. The van der Waals surface area contributed by atoms with Crippen molar-refractivity contribution in [3.63, 3.8) is 0 Å². The molecule has 5 heteroatoms. The van der Waals surface area contributed by atoms with Gasteiger partial charge in [0.1, 0.15) is 0 Å². The van der Waals surface area contributed by atoms with E-state index in [-0.39, 0.29) is 5.91 Å². The monoisotopic (exact) mass is 286 g/mol. The second-order valence-electron chi connectivity index (χ2n) is 5.48. The number of hydrogen-bond acceptors (Lipinski definition) is 3. The van der Waals surface area contributed by atoms with Crippen LogP contribution in [0.3, 0.4) is 0 Å². The fraction of sp³-hybridized carbons (Fsp3) is 0.846. The molecule has 2 rings (SSSR count). The Hall–Kier alpha value is -0.290. The molecule has 0 saturated heterocycles. The van der Waals surface area contributed by atoms with Gasteiger partial charge >= 0.3 is 0 Å². The van der Waals surface area contributed by atoms with E-state index < -0.39 is 5.41 Å². The lowest BCUT2D eigenvalue weighted by Crippen LogP contribution is -2.55. The third-order valence-electron chi connectivity index (χ3n) is 4.46. The Morgan fingerprint density at radius 2 is 1.94 bits per heavy atom. The van der Waals surface area contributed by atoms with Gasteiger partial charge in [0.2, 0.25) is 5.91 Å². The van der Waals surface area contributed by atoms with Crippen LogP contribution in [-0.4, -0.2) is 28.4 Å². The molecular weight excluding hydrogens is 264 g/mol. The molecule has 0 aromatic carbocycles. The summed E-state index contributed by atoms with van der Waals surface area (Å²) >= 11 is 7.02. The summed E-state index contributed by atoms with van der Waals surface area (Å²) in [6, 6.07) is 0.327. The zero-order valence-electron chi connectivity index (χ0n) is 10.9. The van der Waals surface area contributed by atoms with Crippen molar-refractivity contribution in [2.45, 2.75) is 56.2 Å². The molecule has 0 aromatic heterocycles. The topological polar surface area (TPSA) is 55.1 Å². The van der Waals surface area contributed by atoms with Crippen molar-refractivity contribution in [1.82, 2.24) is 5.32 Å². The second kappa shape index (κ2) is 5.78. The molecule has 2 saturated carbocycles. The van der Waals surface area contributed by atoms with Gasteiger partial charge in [0, 0.05) is 11.3 Å². The third-order valence-corrected chi connectivity index (χ3v) is 5.98. The molecule has 102 valence electrons. The summed E-state index contributed by atoms with van der Waals surface area (Å²) in [5, 5.41) is 3.94.